The summed E-state index contributed by atoms with van der Waals surface area (Å²) in [6.07, 6.45) is -4.31. The van der Waals surface area contributed by atoms with E-state index < -0.39 is 12.6 Å². The summed E-state index contributed by atoms with van der Waals surface area (Å²) in [5.41, 5.74) is 1.91. The largest absolute Gasteiger partial charge is 0.389 e. The molecule has 0 bridgehead atoms. The fourth-order valence-corrected chi connectivity index (χ4v) is 2.40. The zero-order valence-corrected chi connectivity index (χ0v) is 11.9. The predicted molar refractivity (Wildman–Crippen MR) is 72.5 cm³/mol. The molecule has 0 aliphatic carbocycles. The molecule has 1 aromatic carbocycles. The Bertz CT molecular complexity index is 404. The topological polar surface area (TPSA) is 12.0 Å². The molecular weight excluding hydrogens is 275 g/mol. The number of hydrogen-bond donors (Lipinski definition) is 1. The van der Waals surface area contributed by atoms with Crippen molar-refractivity contribution in [3.05, 3.63) is 34.3 Å². The van der Waals surface area contributed by atoms with Crippen LogP contribution in [0.3, 0.4) is 0 Å². The first-order chi connectivity index (χ1) is 8.83. The van der Waals surface area contributed by atoms with Gasteiger partial charge in [0.05, 0.1) is 0 Å². The highest BCUT2D eigenvalue weighted by molar-refractivity contribution is 6.31. The molecule has 0 amide bonds. The van der Waals surface area contributed by atoms with Gasteiger partial charge in [-0.3, -0.25) is 0 Å². The van der Waals surface area contributed by atoms with Crippen molar-refractivity contribution in [2.45, 2.75) is 45.3 Å². The fraction of sp³-hybridized carbons (Fsp3) is 0.571. The third-order valence-electron chi connectivity index (χ3n) is 2.93. The molecular formula is C14H19ClF3N. The molecule has 0 saturated heterocycles. The van der Waals surface area contributed by atoms with Gasteiger partial charge in [0.15, 0.2) is 0 Å². The molecule has 1 nitrogen and oxygen atoms in total. The predicted octanol–water partition coefficient (Wildman–Crippen LogP) is 5.03. The van der Waals surface area contributed by atoms with E-state index in [0.29, 0.717) is 18.0 Å². The molecule has 0 fully saturated rings. The number of aryl methyl sites for hydroxylation is 1. The van der Waals surface area contributed by atoms with Crippen LogP contribution in [0.15, 0.2) is 18.2 Å². The van der Waals surface area contributed by atoms with Crippen LogP contribution in [0, 0.1) is 6.92 Å². The van der Waals surface area contributed by atoms with Crippen LogP contribution in [0.4, 0.5) is 13.2 Å². The van der Waals surface area contributed by atoms with Crippen LogP contribution in [-0.4, -0.2) is 12.7 Å². The van der Waals surface area contributed by atoms with Crippen molar-refractivity contribution in [2.24, 2.45) is 0 Å². The second-order valence-electron chi connectivity index (χ2n) is 4.64. The van der Waals surface area contributed by atoms with E-state index in [9.17, 15) is 13.2 Å². The van der Waals surface area contributed by atoms with E-state index >= 15 is 0 Å². The molecule has 0 heterocycles. The number of rotatable bonds is 6. The van der Waals surface area contributed by atoms with Gasteiger partial charge in [-0.15, -0.1) is 0 Å². The lowest BCUT2D eigenvalue weighted by molar-refractivity contribution is -0.135. The average molecular weight is 294 g/mol. The number of alkyl halides is 3. The smallest absolute Gasteiger partial charge is 0.310 e. The van der Waals surface area contributed by atoms with E-state index in [0.717, 1.165) is 11.1 Å². The molecule has 0 aliphatic rings. The summed E-state index contributed by atoms with van der Waals surface area (Å²) in [7, 11) is 0. The minimum atomic E-state index is -4.09. The van der Waals surface area contributed by atoms with E-state index in [-0.39, 0.29) is 12.5 Å². The third-order valence-corrected chi connectivity index (χ3v) is 3.26. The zero-order chi connectivity index (χ0) is 14.5. The Balaban J connectivity index is 2.71. The number of benzene rings is 1. The molecule has 1 rings (SSSR count). The van der Waals surface area contributed by atoms with Crippen molar-refractivity contribution >= 4 is 11.6 Å². The molecule has 0 aliphatic heterocycles. The van der Waals surface area contributed by atoms with Crippen molar-refractivity contribution in [1.82, 2.24) is 5.32 Å². The lowest BCUT2D eigenvalue weighted by atomic mass is 9.99. The Morgan fingerprint density at radius 2 is 2.00 bits per heavy atom. The van der Waals surface area contributed by atoms with Gasteiger partial charge in [0.2, 0.25) is 0 Å². The average Bonchev–Trinajstić information content (AvgIpc) is 2.26. The van der Waals surface area contributed by atoms with Crippen molar-refractivity contribution < 1.29 is 13.2 Å². The van der Waals surface area contributed by atoms with E-state index in [4.69, 9.17) is 11.6 Å². The first kappa shape index (κ1) is 16.3. The molecule has 108 valence electrons. The molecule has 0 aromatic heterocycles. The summed E-state index contributed by atoms with van der Waals surface area (Å²) in [4.78, 5) is 0. The number of halogens is 4. The van der Waals surface area contributed by atoms with Crippen LogP contribution >= 0.6 is 11.6 Å². The monoisotopic (exact) mass is 293 g/mol. The Hall–Kier alpha value is -0.740. The van der Waals surface area contributed by atoms with Crippen molar-refractivity contribution in [3.63, 3.8) is 0 Å². The van der Waals surface area contributed by atoms with Gasteiger partial charge in [0.1, 0.15) is 0 Å². The van der Waals surface area contributed by atoms with Gasteiger partial charge in [0.25, 0.3) is 0 Å². The van der Waals surface area contributed by atoms with E-state index in [1.54, 1.807) is 0 Å². The standard InChI is InChI=1S/C14H19ClF3N/c1-3-19-13(5-4-8-14(16,17)18)11-7-6-10(2)9-12(11)15/h6-7,9,13,19H,3-5,8H2,1-2H3. The maximum Gasteiger partial charge on any atom is 0.389 e. The van der Waals surface area contributed by atoms with Crippen molar-refractivity contribution in [3.8, 4) is 0 Å². The van der Waals surface area contributed by atoms with Crippen LogP contribution in [0.2, 0.25) is 5.02 Å². The molecule has 1 aromatic rings. The first-order valence-corrected chi connectivity index (χ1v) is 6.77. The normalized spacial score (nSPS) is 13.6. The van der Waals surface area contributed by atoms with Crippen LogP contribution in [0.25, 0.3) is 0 Å². The van der Waals surface area contributed by atoms with Gasteiger partial charge in [-0.1, -0.05) is 30.7 Å². The second-order valence-corrected chi connectivity index (χ2v) is 5.05. The highest BCUT2D eigenvalue weighted by atomic mass is 35.5. The molecule has 1 atom stereocenters. The maximum absolute atomic E-state index is 12.2. The Morgan fingerprint density at radius 1 is 1.32 bits per heavy atom. The lowest BCUT2D eigenvalue weighted by Gasteiger charge is -2.20. The van der Waals surface area contributed by atoms with Gasteiger partial charge >= 0.3 is 6.18 Å². The van der Waals surface area contributed by atoms with Gasteiger partial charge < -0.3 is 5.32 Å². The lowest BCUT2D eigenvalue weighted by Crippen LogP contribution is -2.22. The zero-order valence-electron chi connectivity index (χ0n) is 11.1. The second kappa shape index (κ2) is 7.15. The van der Waals surface area contributed by atoms with Gasteiger partial charge in [-0.25, -0.2) is 0 Å². The van der Waals surface area contributed by atoms with Gasteiger partial charge in [-0.05, 0) is 43.5 Å². The highest BCUT2D eigenvalue weighted by Gasteiger charge is 2.27. The SMILES string of the molecule is CCNC(CCCC(F)(F)F)c1ccc(C)cc1Cl. The van der Waals surface area contributed by atoms with E-state index in [1.165, 1.54) is 0 Å². The third kappa shape index (κ3) is 5.83. The summed E-state index contributed by atoms with van der Waals surface area (Å²) >= 11 is 6.17. The summed E-state index contributed by atoms with van der Waals surface area (Å²) < 4.78 is 36.5. The Kier molecular flexibility index (Phi) is 6.14. The van der Waals surface area contributed by atoms with Crippen LogP contribution in [0.5, 0.6) is 0 Å². The van der Waals surface area contributed by atoms with Crippen LogP contribution < -0.4 is 5.32 Å². The van der Waals surface area contributed by atoms with Crippen LogP contribution in [-0.2, 0) is 0 Å². The molecule has 0 saturated carbocycles. The number of nitrogens with one attached hydrogen (secondary N) is 1. The Labute approximate surface area is 117 Å². The molecule has 1 unspecified atom stereocenters. The fourth-order valence-electron chi connectivity index (χ4n) is 2.04. The molecule has 0 radical (unpaired) electrons. The first-order valence-electron chi connectivity index (χ1n) is 6.39. The number of hydrogen-bond acceptors (Lipinski definition) is 1. The summed E-state index contributed by atoms with van der Waals surface area (Å²) in [5, 5.41) is 3.80. The summed E-state index contributed by atoms with van der Waals surface area (Å²) in [6, 6.07) is 5.53. The molecule has 1 N–H and O–H groups in total. The molecule has 19 heavy (non-hydrogen) atoms. The molecule has 0 spiro atoms. The molecule has 5 heteroatoms. The highest BCUT2D eigenvalue weighted by Crippen LogP contribution is 2.30. The van der Waals surface area contributed by atoms with Crippen molar-refractivity contribution in [2.75, 3.05) is 6.54 Å². The van der Waals surface area contributed by atoms with Gasteiger partial charge in [0, 0.05) is 17.5 Å². The summed E-state index contributed by atoms with van der Waals surface area (Å²) in [6.45, 7) is 4.56. The maximum atomic E-state index is 12.2. The Morgan fingerprint density at radius 3 is 2.53 bits per heavy atom. The van der Waals surface area contributed by atoms with E-state index in [2.05, 4.69) is 5.32 Å². The van der Waals surface area contributed by atoms with Crippen LogP contribution in [0.1, 0.15) is 43.4 Å². The quantitative estimate of drug-likeness (QED) is 0.775. The van der Waals surface area contributed by atoms with E-state index in [1.807, 2.05) is 32.0 Å². The minimum absolute atomic E-state index is 0.103. The van der Waals surface area contributed by atoms with Gasteiger partial charge in [-0.2, -0.15) is 13.2 Å². The minimum Gasteiger partial charge on any atom is -0.310 e. The summed E-state index contributed by atoms with van der Waals surface area (Å²) in [5.74, 6) is 0. The van der Waals surface area contributed by atoms with Crippen molar-refractivity contribution in [1.29, 1.82) is 0 Å².